The van der Waals surface area contributed by atoms with Crippen molar-refractivity contribution in [2.45, 2.75) is 89.9 Å². The first-order valence-electron chi connectivity index (χ1n) is 16.6. The normalized spacial score (nSPS) is 19.2. The lowest BCUT2D eigenvalue weighted by Gasteiger charge is -2.30. The lowest BCUT2D eigenvalue weighted by molar-refractivity contribution is 0.0651. The number of carbonyl (C=O) groups is 2. The van der Waals surface area contributed by atoms with Crippen molar-refractivity contribution >= 4 is 17.5 Å². The van der Waals surface area contributed by atoms with E-state index in [1.807, 2.05) is 31.1 Å². The Morgan fingerprint density at radius 2 is 1.60 bits per heavy atom. The Balaban J connectivity index is 0.978. The fourth-order valence-electron chi connectivity index (χ4n) is 6.97. The molecule has 228 valence electrons. The minimum atomic E-state index is -0.163. The van der Waals surface area contributed by atoms with Gasteiger partial charge in [0.1, 0.15) is 5.75 Å². The molecule has 0 aromatic heterocycles. The summed E-state index contributed by atoms with van der Waals surface area (Å²) in [5.41, 5.74) is 5.04. The summed E-state index contributed by atoms with van der Waals surface area (Å²) in [6.07, 6.45) is 14.3. The second-order valence-corrected chi connectivity index (χ2v) is 13.1. The fraction of sp³-hybridized carbons (Fsp3) is 0.611. The monoisotopic (exact) mass is 573 g/mol. The zero-order valence-corrected chi connectivity index (χ0v) is 26.2. The fourth-order valence-corrected chi connectivity index (χ4v) is 6.97. The van der Waals surface area contributed by atoms with E-state index >= 15 is 0 Å². The minimum absolute atomic E-state index is 0.162. The van der Waals surface area contributed by atoms with Gasteiger partial charge in [0.25, 0.3) is 11.8 Å². The molecular formula is C36H51N3O3. The first-order valence-corrected chi connectivity index (χ1v) is 16.6. The maximum absolute atomic E-state index is 12.8. The van der Waals surface area contributed by atoms with Gasteiger partial charge < -0.3 is 14.5 Å². The SMILES string of the molecule is CC1CCN(CCCCC2CCCc3cc(OCCCCCCN4C(=O)c5ccc(N(C)C)cc5C4=O)ccc32)CC1. The average Bonchev–Trinajstić information content (AvgIpc) is 3.23. The van der Waals surface area contributed by atoms with Crippen LogP contribution in [-0.4, -0.2) is 68.5 Å². The van der Waals surface area contributed by atoms with Crippen LogP contribution >= 0.6 is 0 Å². The van der Waals surface area contributed by atoms with Crippen molar-refractivity contribution in [1.29, 1.82) is 0 Å². The number of fused-ring (bicyclic) bond motifs is 2. The molecule has 6 heteroatoms. The van der Waals surface area contributed by atoms with Crippen LogP contribution in [0.5, 0.6) is 5.75 Å². The molecule has 42 heavy (non-hydrogen) atoms. The number of hydrogen-bond acceptors (Lipinski definition) is 5. The van der Waals surface area contributed by atoms with E-state index in [0.29, 0.717) is 30.2 Å². The van der Waals surface area contributed by atoms with E-state index in [2.05, 4.69) is 30.0 Å². The molecule has 1 aliphatic carbocycles. The second-order valence-electron chi connectivity index (χ2n) is 13.1. The van der Waals surface area contributed by atoms with Crippen LogP contribution in [0.4, 0.5) is 5.69 Å². The summed E-state index contributed by atoms with van der Waals surface area (Å²) in [7, 11) is 3.87. The van der Waals surface area contributed by atoms with Crippen molar-refractivity contribution in [2.75, 3.05) is 51.8 Å². The Morgan fingerprint density at radius 1 is 0.833 bits per heavy atom. The van der Waals surface area contributed by atoms with Crippen LogP contribution in [0.15, 0.2) is 36.4 Å². The zero-order valence-electron chi connectivity index (χ0n) is 26.2. The number of likely N-dealkylation sites (tertiary alicyclic amines) is 1. The van der Waals surface area contributed by atoms with E-state index in [4.69, 9.17) is 4.74 Å². The number of carbonyl (C=O) groups excluding carboxylic acids is 2. The van der Waals surface area contributed by atoms with Gasteiger partial charge >= 0.3 is 0 Å². The number of benzene rings is 2. The Labute approximate surface area is 253 Å². The number of anilines is 1. The van der Waals surface area contributed by atoms with Crippen molar-refractivity contribution in [3.05, 3.63) is 58.7 Å². The number of amides is 2. The van der Waals surface area contributed by atoms with E-state index in [9.17, 15) is 9.59 Å². The molecule has 1 fully saturated rings. The van der Waals surface area contributed by atoms with Gasteiger partial charge in [-0.3, -0.25) is 14.5 Å². The minimum Gasteiger partial charge on any atom is -0.494 e. The molecule has 2 amide bonds. The van der Waals surface area contributed by atoms with Gasteiger partial charge in [-0.1, -0.05) is 32.3 Å². The third-order valence-electron chi connectivity index (χ3n) is 9.72. The number of rotatable bonds is 14. The van der Waals surface area contributed by atoms with Crippen molar-refractivity contribution in [3.8, 4) is 5.75 Å². The first-order chi connectivity index (χ1) is 20.4. The summed E-state index contributed by atoms with van der Waals surface area (Å²) in [5, 5.41) is 0. The smallest absolute Gasteiger partial charge is 0.261 e. The molecule has 1 saturated heterocycles. The standard InChI is InChI=1S/C36H51N3O3/c1-27-18-22-38(23-19-27)20-8-6-11-28-12-10-13-29-25-31(15-17-32(28)29)42-24-9-5-4-7-21-39-35(40)33-16-14-30(37(2)3)26-34(33)36(39)41/h14-17,25-28H,4-13,18-24H2,1-3H3. The highest BCUT2D eigenvalue weighted by Gasteiger charge is 2.35. The highest BCUT2D eigenvalue weighted by molar-refractivity contribution is 6.21. The average molecular weight is 574 g/mol. The highest BCUT2D eigenvalue weighted by atomic mass is 16.5. The Hall–Kier alpha value is -2.86. The number of unbranched alkanes of at least 4 members (excludes halogenated alkanes) is 4. The van der Waals surface area contributed by atoms with Gasteiger partial charge in [0.2, 0.25) is 0 Å². The second kappa shape index (κ2) is 14.5. The highest BCUT2D eigenvalue weighted by Crippen LogP contribution is 2.37. The Morgan fingerprint density at radius 3 is 2.40 bits per heavy atom. The third kappa shape index (κ3) is 7.55. The van der Waals surface area contributed by atoms with E-state index in [1.165, 1.54) is 81.5 Å². The van der Waals surface area contributed by atoms with Crippen LogP contribution in [0.1, 0.15) is 115 Å². The molecule has 0 bridgehead atoms. The summed E-state index contributed by atoms with van der Waals surface area (Å²) in [5.74, 6) is 2.30. The van der Waals surface area contributed by atoms with Crippen LogP contribution in [0, 0.1) is 5.92 Å². The molecule has 3 aliphatic rings. The number of hydrogen-bond donors (Lipinski definition) is 0. The van der Waals surface area contributed by atoms with Gasteiger partial charge in [0.05, 0.1) is 17.7 Å². The quantitative estimate of drug-likeness (QED) is 0.175. The van der Waals surface area contributed by atoms with Crippen molar-refractivity contribution in [3.63, 3.8) is 0 Å². The Kier molecular flexibility index (Phi) is 10.6. The summed E-state index contributed by atoms with van der Waals surface area (Å²) >= 11 is 0. The van der Waals surface area contributed by atoms with Gasteiger partial charge in [-0.25, -0.2) is 0 Å². The molecule has 0 radical (unpaired) electrons. The number of piperidine rings is 1. The number of imide groups is 1. The molecule has 0 N–H and O–H groups in total. The lowest BCUT2D eigenvalue weighted by Crippen LogP contribution is -2.33. The lowest BCUT2D eigenvalue weighted by atomic mass is 9.80. The third-order valence-corrected chi connectivity index (χ3v) is 9.72. The number of ether oxygens (including phenoxy) is 1. The molecule has 2 aromatic carbocycles. The van der Waals surface area contributed by atoms with Gasteiger partial charge in [-0.05, 0) is 131 Å². The predicted molar refractivity (Wildman–Crippen MR) is 171 cm³/mol. The topological polar surface area (TPSA) is 53.1 Å². The van der Waals surface area contributed by atoms with Gasteiger partial charge in [-0.2, -0.15) is 0 Å². The summed E-state index contributed by atoms with van der Waals surface area (Å²) in [6.45, 7) is 7.45. The molecule has 0 spiro atoms. The molecule has 0 saturated carbocycles. The molecular weight excluding hydrogens is 522 g/mol. The van der Waals surface area contributed by atoms with Crippen LogP contribution in [-0.2, 0) is 6.42 Å². The van der Waals surface area contributed by atoms with Gasteiger partial charge in [0, 0.05) is 26.3 Å². The molecule has 2 heterocycles. The van der Waals surface area contributed by atoms with Crippen LogP contribution in [0.3, 0.4) is 0 Å². The maximum Gasteiger partial charge on any atom is 0.261 e. The maximum atomic E-state index is 12.8. The summed E-state index contributed by atoms with van der Waals surface area (Å²) in [6, 6.07) is 12.3. The predicted octanol–water partition coefficient (Wildman–Crippen LogP) is 7.31. The van der Waals surface area contributed by atoms with Crippen LogP contribution in [0.25, 0.3) is 0 Å². The molecule has 6 nitrogen and oxygen atoms in total. The molecule has 5 rings (SSSR count). The summed E-state index contributed by atoms with van der Waals surface area (Å²) < 4.78 is 6.14. The van der Waals surface area contributed by atoms with Gasteiger partial charge in [-0.15, -0.1) is 0 Å². The summed E-state index contributed by atoms with van der Waals surface area (Å²) in [4.78, 5) is 31.6. The zero-order chi connectivity index (χ0) is 29.5. The van der Waals surface area contributed by atoms with E-state index < -0.39 is 0 Å². The first kappa shape index (κ1) is 30.6. The number of nitrogens with zero attached hydrogens (tertiary/aromatic N) is 3. The molecule has 2 aromatic rings. The van der Waals surface area contributed by atoms with E-state index in [0.717, 1.165) is 43.0 Å². The van der Waals surface area contributed by atoms with E-state index in [-0.39, 0.29) is 11.8 Å². The van der Waals surface area contributed by atoms with Crippen molar-refractivity contribution < 1.29 is 14.3 Å². The molecule has 2 aliphatic heterocycles. The van der Waals surface area contributed by atoms with Gasteiger partial charge in [0.15, 0.2) is 0 Å². The molecule has 1 unspecified atom stereocenters. The van der Waals surface area contributed by atoms with E-state index in [1.54, 1.807) is 11.6 Å². The van der Waals surface area contributed by atoms with Crippen molar-refractivity contribution in [2.24, 2.45) is 5.92 Å². The Bertz CT molecular complexity index is 1220. The van der Waals surface area contributed by atoms with Crippen molar-refractivity contribution in [1.82, 2.24) is 9.80 Å². The van der Waals surface area contributed by atoms with Crippen LogP contribution in [0.2, 0.25) is 0 Å². The number of aryl methyl sites for hydroxylation is 1. The largest absolute Gasteiger partial charge is 0.494 e. The van der Waals surface area contributed by atoms with Crippen LogP contribution < -0.4 is 9.64 Å². The molecule has 1 atom stereocenters.